The van der Waals surface area contributed by atoms with Crippen molar-refractivity contribution in [1.29, 1.82) is 0 Å². The molecule has 88 valence electrons. The van der Waals surface area contributed by atoms with Crippen molar-refractivity contribution in [3.63, 3.8) is 0 Å². The third-order valence-electron chi connectivity index (χ3n) is 2.29. The summed E-state index contributed by atoms with van der Waals surface area (Å²) in [5, 5.41) is 0. The second kappa shape index (κ2) is 4.22. The largest absolute Gasteiger partial charge is 0.469 e. The van der Waals surface area contributed by atoms with Gasteiger partial charge in [-0.3, -0.25) is 0 Å². The Morgan fingerprint density at radius 2 is 2.24 bits per heavy atom. The van der Waals surface area contributed by atoms with Crippen LogP contribution in [0.3, 0.4) is 0 Å². The Hall–Kier alpha value is -2.41. The van der Waals surface area contributed by atoms with Crippen molar-refractivity contribution >= 4 is 17.1 Å². The fourth-order valence-corrected chi connectivity index (χ4v) is 1.62. The molecule has 0 atom stereocenters. The summed E-state index contributed by atoms with van der Waals surface area (Å²) < 4.78 is 5.26. The number of aromatic amines is 1. The van der Waals surface area contributed by atoms with Gasteiger partial charge in [0.1, 0.15) is 11.3 Å². The molecule has 7 nitrogen and oxygen atoms in total. The SMILES string of the molecule is N.Nc1nc(Cc2ccco2)c2nc[nH]c2n1. The molecule has 0 aliphatic heterocycles. The minimum atomic E-state index is 0. The van der Waals surface area contributed by atoms with E-state index in [4.69, 9.17) is 10.2 Å². The number of hydrogen-bond acceptors (Lipinski definition) is 6. The molecule has 0 bridgehead atoms. The van der Waals surface area contributed by atoms with Crippen molar-refractivity contribution in [2.45, 2.75) is 6.42 Å². The highest BCUT2D eigenvalue weighted by Crippen LogP contribution is 2.16. The highest BCUT2D eigenvalue weighted by molar-refractivity contribution is 5.74. The molecular weight excluding hydrogens is 220 g/mol. The molecule has 0 amide bonds. The Balaban J connectivity index is 0.00000108. The molecule has 0 aromatic carbocycles. The number of imidazole rings is 1. The molecule has 7 heteroatoms. The highest BCUT2D eigenvalue weighted by Gasteiger charge is 2.10. The maximum absolute atomic E-state index is 5.61. The smallest absolute Gasteiger partial charge is 0.222 e. The Morgan fingerprint density at radius 1 is 1.35 bits per heavy atom. The van der Waals surface area contributed by atoms with E-state index in [1.165, 1.54) is 0 Å². The van der Waals surface area contributed by atoms with E-state index in [2.05, 4.69) is 19.9 Å². The molecule has 0 fully saturated rings. The number of aromatic nitrogens is 4. The van der Waals surface area contributed by atoms with Crippen molar-refractivity contribution < 1.29 is 4.42 Å². The molecule has 3 rings (SSSR count). The number of nitrogens with one attached hydrogen (secondary N) is 1. The Labute approximate surface area is 96.7 Å². The number of rotatable bonds is 2. The first-order valence-electron chi connectivity index (χ1n) is 4.81. The first-order valence-corrected chi connectivity index (χ1v) is 4.81. The topological polar surface area (TPSA) is 129 Å². The second-order valence-corrected chi connectivity index (χ2v) is 3.38. The van der Waals surface area contributed by atoms with Gasteiger partial charge in [0.05, 0.1) is 24.7 Å². The van der Waals surface area contributed by atoms with Gasteiger partial charge in [-0.2, -0.15) is 4.98 Å². The molecule has 3 heterocycles. The first-order chi connectivity index (χ1) is 7.83. The summed E-state index contributed by atoms with van der Waals surface area (Å²) in [6, 6.07) is 3.72. The molecule has 0 unspecified atom stereocenters. The van der Waals surface area contributed by atoms with Crippen molar-refractivity contribution in [2.24, 2.45) is 0 Å². The lowest BCUT2D eigenvalue weighted by Gasteiger charge is -2.00. The normalized spacial score (nSPS) is 10.4. The lowest BCUT2D eigenvalue weighted by Crippen LogP contribution is -2.01. The summed E-state index contributed by atoms with van der Waals surface area (Å²) in [5.74, 6) is 1.06. The Morgan fingerprint density at radius 3 is 3.00 bits per heavy atom. The average Bonchev–Trinajstić information content (AvgIpc) is 2.87. The fourth-order valence-electron chi connectivity index (χ4n) is 1.62. The van der Waals surface area contributed by atoms with Crippen LogP contribution in [0.4, 0.5) is 5.95 Å². The summed E-state index contributed by atoms with van der Waals surface area (Å²) >= 11 is 0. The van der Waals surface area contributed by atoms with Gasteiger partial charge in [-0.25, -0.2) is 9.97 Å². The average molecular weight is 232 g/mol. The first kappa shape index (κ1) is 11.1. The van der Waals surface area contributed by atoms with E-state index in [0.717, 1.165) is 17.0 Å². The molecule has 0 aliphatic carbocycles. The number of fused-ring (bicyclic) bond motifs is 1. The molecule has 3 aromatic heterocycles. The maximum atomic E-state index is 5.61. The van der Waals surface area contributed by atoms with Crippen molar-refractivity contribution in [1.82, 2.24) is 26.1 Å². The zero-order valence-corrected chi connectivity index (χ0v) is 9.05. The van der Waals surface area contributed by atoms with E-state index >= 15 is 0 Å². The van der Waals surface area contributed by atoms with Gasteiger partial charge in [0.25, 0.3) is 0 Å². The zero-order chi connectivity index (χ0) is 11.0. The minimum absolute atomic E-state index is 0. The van der Waals surface area contributed by atoms with Crippen LogP contribution in [0.2, 0.25) is 0 Å². The number of H-pyrrole nitrogens is 1. The summed E-state index contributed by atoms with van der Waals surface area (Å²) in [5.41, 5.74) is 7.75. The standard InChI is InChI=1S/C10H9N5O.H3N/c11-10-14-7(4-6-2-1-3-16-6)8-9(15-10)13-5-12-8;/h1-3,5H,4H2,(H3,11,12,13,14,15);1H3. The molecule has 0 spiro atoms. The molecule has 3 aromatic rings. The van der Waals surface area contributed by atoms with Crippen LogP contribution in [0.1, 0.15) is 11.5 Å². The van der Waals surface area contributed by atoms with Gasteiger partial charge >= 0.3 is 0 Å². The van der Waals surface area contributed by atoms with E-state index < -0.39 is 0 Å². The minimum Gasteiger partial charge on any atom is -0.469 e. The Bertz CT molecular complexity index is 615. The van der Waals surface area contributed by atoms with Crippen LogP contribution in [-0.2, 0) is 6.42 Å². The van der Waals surface area contributed by atoms with Crippen molar-refractivity contribution in [3.05, 3.63) is 36.2 Å². The molecule has 0 saturated carbocycles. The highest BCUT2D eigenvalue weighted by atomic mass is 16.3. The van der Waals surface area contributed by atoms with Crippen LogP contribution in [0.25, 0.3) is 11.2 Å². The monoisotopic (exact) mass is 232 g/mol. The van der Waals surface area contributed by atoms with Gasteiger partial charge in [0.15, 0.2) is 5.65 Å². The van der Waals surface area contributed by atoms with Gasteiger partial charge in [-0.1, -0.05) is 0 Å². The summed E-state index contributed by atoms with van der Waals surface area (Å²) in [6.45, 7) is 0. The van der Waals surface area contributed by atoms with Gasteiger partial charge in [0.2, 0.25) is 5.95 Å². The van der Waals surface area contributed by atoms with Crippen LogP contribution in [0, 0.1) is 0 Å². The third-order valence-corrected chi connectivity index (χ3v) is 2.29. The number of nitrogen functional groups attached to an aromatic ring is 1. The van der Waals surface area contributed by atoms with Crippen LogP contribution in [0.15, 0.2) is 29.1 Å². The van der Waals surface area contributed by atoms with E-state index in [1.54, 1.807) is 12.6 Å². The number of hydrogen-bond donors (Lipinski definition) is 3. The summed E-state index contributed by atoms with van der Waals surface area (Å²) in [6.07, 6.45) is 3.76. The zero-order valence-electron chi connectivity index (χ0n) is 9.05. The van der Waals surface area contributed by atoms with Crippen LogP contribution in [-0.4, -0.2) is 19.9 Å². The number of nitrogens with zero attached hydrogens (tertiary/aromatic N) is 3. The quantitative estimate of drug-likeness (QED) is 0.610. The predicted molar refractivity (Wildman–Crippen MR) is 62.6 cm³/mol. The summed E-state index contributed by atoms with van der Waals surface area (Å²) in [4.78, 5) is 15.3. The third kappa shape index (κ3) is 1.95. The van der Waals surface area contributed by atoms with Crippen LogP contribution < -0.4 is 11.9 Å². The Kier molecular flexibility index (Phi) is 2.75. The molecule has 0 saturated heterocycles. The van der Waals surface area contributed by atoms with Gasteiger partial charge < -0.3 is 21.3 Å². The molecule has 0 radical (unpaired) electrons. The van der Waals surface area contributed by atoms with Gasteiger partial charge in [-0.15, -0.1) is 0 Å². The van der Waals surface area contributed by atoms with Crippen LogP contribution >= 0.6 is 0 Å². The molecule has 0 aliphatic rings. The molecule has 17 heavy (non-hydrogen) atoms. The lowest BCUT2D eigenvalue weighted by atomic mass is 10.2. The number of anilines is 1. The van der Waals surface area contributed by atoms with Gasteiger partial charge in [0, 0.05) is 0 Å². The summed E-state index contributed by atoms with van der Waals surface area (Å²) in [7, 11) is 0. The number of nitrogens with two attached hydrogens (primary N) is 1. The van der Waals surface area contributed by atoms with Gasteiger partial charge in [-0.05, 0) is 12.1 Å². The lowest BCUT2D eigenvalue weighted by molar-refractivity contribution is 0.519. The maximum Gasteiger partial charge on any atom is 0.222 e. The number of furan rings is 1. The predicted octanol–water partition coefficient (Wildman–Crippen LogP) is 1.28. The molecule has 6 N–H and O–H groups in total. The van der Waals surface area contributed by atoms with Crippen LogP contribution in [0.5, 0.6) is 0 Å². The fraction of sp³-hybridized carbons (Fsp3) is 0.100. The second-order valence-electron chi connectivity index (χ2n) is 3.38. The van der Waals surface area contributed by atoms with E-state index in [9.17, 15) is 0 Å². The van der Waals surface area contributed by atoms with E-state index in [1.807, 2.05) is 12.1 Å². The van der Waals surface area contributed by atoms with E-state index in [-0.39, 0.29) is 12.1 Å². The van der Waals surface area contributed by atoms with E-state index in [0.29, 0.717) is 12.1 Å². The van der Waals surface area contributed by atoms with Crippen molar-refractivity contribution in [2.75, 3.05) is 5.73 Å². The molecular formula is C10H12N6O. The van der Waals surface area contributed by atoms with Crippen molar-refractivity contribution in [3.8, 4) is 0 Å².